The van der Waals surface area contributed by atoms with E-state index in [0.717, 1.165) is 33.5 Å². The normalized spacial score (nSPS) is 13.7. The van der Waals surface area contributed by atoms with E-state index in [9.17, 15) is 0 Å². The molecule has 0 amide bonds. The van der Waals surface area contributed by atoms with Gasteiger partial charge in [-0.05, 0) is 39.1 Å². The van der Waals surface area contributed by atoms with E-state index in [-0.39, 0.29) is 5.41 Å². The van der Waals surface area contributed by atoms with Gasteiger partial charge in [-0.25, -0.2) is 9.97 Å². The minimum atomic E-state index is -0.105. The summed E-state index contributed by atoms with van der Waals surface area (Å²) in [7, 11) is 0. The summed E-state index contributed by atoms with van der Waals surface area (Å²) in [6.07, 6.45) is 0. The van der Waals surface area contributed by atoms with Crippen LogP contribution in [0.4, 0.5) is 0 Å². The monoisotopic (exact) mass is 448 g/mol. The van der Waals surface area contributed by atoms with Crippen LogP contribution in [-0.2, 0) is 5.41 Å². The van der Waals surface area contributed by atoms with Crippen LogP contribution in [0, 0.1) is 0 Å². The Hall–Kier alpha value is -4.30. The number of para-hydroxylation sites is 1. The number of fused-ring (bicyclic) bond motifs is 6. The van der Waals surface area contributed by atoms with E-state index in [0.29, 0.717) is 0 Å². The summed E-state index contributed by atoms with van der Waals surface area (Å²) < 4.78 is 0. The molecule has 0 N–H and O–H groups in total. The van der Waals surface area contributed by atoms with Gasteiger partial charge in [0.1, 0.15) is 0 Å². The van der Waals surface area contributed by atoms with Crippen LogP contribution >= 0.6 is 0 Å². The molecule has 0 aliphatic heterocycles. The number of benzene rings is 5. The Morgan fingerprint density at radius 2 is 1.31 bits per heavy atom. The Morgan fingerprint density at radius 3 is 2.20 bits per heavy atom. The maximum absolute atomic E-state index is 5.20. The molecule has 7 rings (SSSR count). The van der Waals surface area contributed by atoms with Crippen LogP contribution in [0.15, 0.2) is 109 Å². The fraction of sp³-hybridized carbons (Fsp3) is 0.0909. The first-order valence-corrected chi connectivity index (χ1v) is 12.1. The van der Waals surface area contributed by atoms with E-state index in [1.54, 1.807) is 0 Å². The molecule has 0 radical (unpaired) electrons. The van der Waals surface area contributed by atoms with Gasteiger partial charge < -0.3 is 0 Å². The van der Waals surface area contributed by atoms with Crippen molar-refractivity contribution >= 4 is 21.7 Å². The lowest BCUT2D eigenvalue weighted by Gasteiger charge is -2.24. The van der Waals surface area contributed by atoms with Crippen molar-refractivity contribution in [3.63, 3.8) is 0 Å². The second-order valence-electron chi connectivity index (χ2n) is 9.84. The Balaban J connectivity index is 1.60. The highest BCUT2D eigenvalue weighted by atomic mass is 14.9. The molecule has 5 aromatic carbocycles. The number of rotatable bonds is 2. The fourth-order valence-electron chi connectivity index (χ4n) is 5.85. The molecule has 0 fully saturated rings. The van der Waals surface area contributed by atoms with Gasteiger partial charge in [0.05, 0.1) is 11.2 Å². The molecule has 35 heavy (non-hydrogen) atoms. The van der Waals surface area contributed by atoms with E-state index < -0.39 is 0 Å². The average Bonchev–Trinajstić information content (AvgIpc) is 3.15. The molecule has 1 aliphatic rings. The van der Waals surface area contributed by atoms with Crippen LogP contribution < -0.4 is 0 Å². The maximum Gasteiger partial charge on any atom is 0.160 e. The van der Waals surface area contributed by atoms with Crippen molar-refractivity contribution < 1.29 is 0 Å². The van der Waals surface area contributed by atoms with E-state index in [1.807, 2.05) is 18.2 Å². The zero-order chi connectivity index (χ0) is 23.6. The van der Waals surface area contributed by atoms with Gasteiger partial charge in [-0.2, -0.15) is 0 Å². The van der Waals surface area contributed by atoms with E-state index in [4.69, 9.17) is 9.97 Å². The van der Waals surface area contributed by atoms with Crippen molar-refractivity contribution in [3.8, 4) is 33.8 Å². The van der Waals surface area contributed by atoms with Crippen LogP contribution in [0.3, 0.4) is 0 Å². The molecular formula is C33H24N2. The maximum atomic E-state index is 5.20. The van der Waals surface area contributed by atoms with Gasteiger partial charge >= 0.3 is 0 Å². The topological polar surface area (TPSA) is 25.8 Å². The molecule has 0 spiro atoms. The third-order valence-corrected chi connectivity index (χ3v) is 7.45. The van der Waals surface area contributed by atoms with Gasteiger partial charge in [0.15, 0.2) is 5.82 Å². The summed E-state index contributed by atoms with van der Waals surface area (Å²) >= 11 is 0. The first-order chi connectivity index (χ1) is 17.1. The second kappa shape index (κ2) is 7.35. The number of hydrogen-bond acceptors (Lipinski definition) is 2. The van der Waals surface area contributed by atoms with Crippen LogP contribution in [0.5, 0.6) is 0 Å². The lowest BCUT2D eigenvalue weighted by atomic mass is 9.79. The molecule has 1 aromatic heterocycles. The Bertz CT molecular complexity index is 1760. The van der Waals surface area contributed by atoms with Crippen molar-refractivity contribution in [2.45, 2.75) is 19.3 Å². The first-order valence-electron chi connectivity index (χ1n) is 12.1. The zero-order valence-electron chi connectivity index (χ0n) is 19.8. The Kier molecular flexibility index (Phi) is 4.22. The minimum Gasteiger partial charge on any atom is -0.228 e. The van der Waals surface area contributed by atoms with Crippen molar-refractivity contribution in [1.82, 2.24) is 9.97 Å². The molecule has 1 aliphatic carbocycles. The molecule has 1 heterocycles. The van der Waals surface area contributed by atoms with Crippen LogP contribution in [0.25, 0.3) is 55.4 Å². The molecule has 0 unspecified atom stereocenters. The third-order valence-electron chi connectivity index (χ3n) is 7.45. The lowest BCUT2D eigenvalue weighted by Crippen LogP contribution is -2.15. The summed E-state index contributed by atoms with van der Waals surface area (Å²) in [5.41, 5.74) is 9.46. The lowest BCUT2D eigenvalue weighted by molar-refractivity contribution is 0.666. The highest BCUT2D eigenvalue weighted by Crippen LogP contribution is 2.52. The second-order valence-corrected chi connectivity index (χ2v) is 9.84. The molecule has 0 bridgehead atoms. The minimum absolute atomic E-state index is 0.105. The summed E-state index contributed by atoms with van der Waals surface area (Å²) in [6.45, 7) is 4.70. The average molecular weight is 449 g/mol. The zero-order valence-corrected chi connectivity index (χ0v) is 19.8. The summed E-state index contributed by atoms with van der Waals surface area (Å²) in [4.78, 5) is 10.1. The predicted octanol–water partition coefficient (Wildman–Crippen LogP) is 8.42. The van der Waals surface area contributed by atoms with Gasteiger partial charge in [0.25, 0.3) is 0 Å². The van der Waals surface area contributed by atoms with Gasteiger partial charge in [-0.15, -0.1) is 0 Å². The molecule has 6 aromatic rings. The van der Waals surface area contributed by atoms with Gasteiger partial charge in [0, 0.05) is 21.9 Å². The number of hydrogen-bond donors (Lipinski definition) is 0. The van der Waals surface area contributed by atoms with Crippen LogP contribution in [0.2, 0.25) is 0 Å². The molecule has 2 heteroatoms. The summed E-state index contributed by atoms with van der Waals surface area (Å²) in [5, 5.41) is 3.60. The predicted molar refractivity (Wildman–Crippen MR) is 145 cm³/mol. The molecule has 166 valence electrons. The standard InChI is InChI=1S/C33H24N2/c1-33(2)27-17-8-6-14-23(27)24-20-19-21-13-10-16-26(29(21)30(24)33)31-25-15-7-9-18-28(25)34-32(35-31)22-11-4-3-5-12-22/h3-20H,1-2H3. The smallest absolute Gasteiger partial charge is 0.160 e. The van der Waals surface area contributed by atoms with Crippen molar-refractivity contribution in [3.05, 3.63) is 120 Å². The quantitative estimate of drug-likeness (QED) is 0.266. The number of nitrogens with zero attached hydrogens (tertiary/aromatic N) is 2. The molecule has 0 saturated carbocycles. The Morgan fingerprint density at radius 1 is 0.571 bits per heavy atom. The molecular weight excluding hydrogens is 424 g/mol. The van der Waals surface area contributed by atoms with Gasteiger partial charge in [-0.1, -0.05) is 117 Å². The van der Waals surface area contributed by atoms with Crippen molar-refractivity contribution in [1.29, 1.82) is 0 Å². The van der Waals surface area contributed by atoms with Crippen molar-refractivity contribution in [2.24, 2.45) is 0 Å². The SMILES string of the molecule is CC1(C)c2ccccc2-c2ccc3cccc(-c4nc(-c5ccccc5)nc5ccccc45)c3c21. The summed E-state index contributed by atoms with van der Waals surface area (Å²) in [5.74, 6) is 0.756. The van der Waals surface area contributed by atoms with E-state index in [1.165, 1.54) is 33.0 Å². The first kappa shape index (κ1) is 20.1. The fourth-order valence-corrected chi connectivity index (χ4v) is 5.85. The highest BCUT2D eigenvalue weighted by Gasteiger charge is 2.37. The van der Waals surface area contributed by atoms with E-state index in [2.05, 4.69) is 105 Å². The highest BCUT2D eigenvalue weighted by molar-refractivity contribution is 6.08. The molecule has 0 saturated heterocycles. The third kappa shape index (κ3) is 2.90. The van der Waals surface area contributed by atoms with Crippen molar-refractivity contribution in [2.75, 3.05) is 0 Å². The van der Waals surface area contributed by atoms with Crippen LogP contribution in [0.1, 0.15) is 25.0 Å². The number of aromatic nitrogens is 2. The van der Waals surface area contributed by atoms with Gasteiger partial charge in [0.2, 0.25) is 0 Å². The van der Waals surface area contributed by atoms with E-state index >= 15 is 0 Å². The molecule has 0 atom stereocenters. The Labute approximate surface area is 204 Å². The summed E-state index contributed by atoms with van der Waals surface area (Å²) in [6, 6.07) is 38.6. The van der Waals surface area contributed by atoms with Crippen LogP contribution in [-0.4, -0.2) is 9.97 Å². The van der Waals surface area contributed by atoms with Gasteiger partial charge in [-0.3, -0.25) is 0 Å². The largest absolute Gasteiger partial charge is 0.228 e. The molecule has 2 nitrogen and oxygen atoms in total.